The topological polar surface area (TPSA) is 81.1 Å². The van der Waals surface area contributed by atoms with E-state index in [0.717, 1.165) is 10.2 Å². The van der Waals surface area contributed by atoms with E-state index >= 15 is 0 Å². The van der Waals surface area contributed by atoms with Crippen LogP contribution in [-0.4, -0.2) is 10.9 Å². The van der Waals surface area contributed by atoms with Gasteiger partial charge < -0.3 is 10.2 Å². The third kappa shape index (κ3) is 2.47. The maximum absolute atomic E-state index is 11.9. The number of nitrogens with two attached hydrogens (primary N) is 1. The highest BCUT2D eigenvalue weighted by molar-refractivity contribution is 9.10. The van der Waals surface area contributed by atoms with Crippen LogP contribution in [0.4, 0.5) is 10.8 Å². The minimum atomic E-state index is -0.335. The molecule has 0 aliphatic heterocycles. The highest BCUT2D eigenvalue weighted by Crippen LogP contribution is 2.28. The van der Waals surface area contributed by atoms with Crippen molar-refractivity contribution in [2.75, 3.05) is 11.1 Å². The average Bonchev–Trinajstić information content (AvgIpc) is 2.94. The minimum Gasteiger partial charge on any atom is -0.444 e. The molecule has 1 amide bonds. The molecule has 3 rings (SSSR count). The minimum absolute atomic E-state index is 0.227. The maximum Gasteiger partial charge on any atom is 0.293 e. The molecule has 0 atom stereocenters. The highest BCUT2D eigenvalue weighted by Gasteiger charge is 2.13. The SMILES string of the molecule is Nc1ccc2nc(NC(=O)c3ccc(Br)o3)sc2c1. The van der Waals surface area contributed by atoms with Crippen LogP contribution in [0.5, 0.6) is 0 Å². The van der Waals surface area contributed by atoms with Gasteiger partial charge in [0.15, 0.2) is 15.6 Å². The summed E-state index contributed by atoms with van der Waals surface area (Å²) in [5.41, 5.74) is 7.17. The molecule has 3 N–H and O–H groups in total. The van der Waals surface area contributed by atoms with Crippen LogP contribution >= 0.6 is 27.3 Å². The first-order valence-electron chi connectivity index (χ1n) is 5.34. The van der Waals surface area contributed by atoms with Crippen LogP contribution in [0.2, 0.25) is 0 Å². The molecule has 96 valence electrons. The third-order valence-corrected chi connectivity index (χ3v) is 3.79. The van der Waals surface area contributed by atoms with Gasteiger partial charge in [-0.15, -0.1) is 0 Å². The monoisotopic (exact) mass is 337 g/mol. The normalized spacial score (nSPS) is 10.8. The van der Waals surface area contributed by atoms with Gasteiger partial charge in [-0.1, -0.05) is 11.3 Å². The molecular weight excluding hydrogens is 330 g/mol. The summed E-state index contributed by atoms with van der Waals surface area (Å²) >= 11 is 4.51. The fourth-order valence-electron chi connectivity index (χ4n) is 1.59. The number of rotatable bonds is 2. The van der Waals surface area contributed by atoms with Gasteiger partial charge in [-0.3, -0.25) is 10.1 Å². The molecule has 0 unspecified atom stereocenters. The number of anilines is 2. The molecule has 0 aliphatic rings. The van der Waals surface area contributed by atoms with Crippen LogP contribution in [0.25, 0.3) is 10.2 Å². The van der Waals surface area contributed by atoms with E-state index in [1.165, 1.54) is 11.3 Å². The number of nitrogens with one attached hydrogen (secondary N) is 1. The predicted molar refractivity (Wildman–Crippen MR) is 78.4 cm³/mol. The maximum atomic E-state index is 11.9. The molecule has 2 heterocycles. The van der Waals surface area contributed by atoms with Gasteiger partial charge in [0.1, 0.15) is 0 Å². The smallest absolute Gasteiger partial charge is 0.293 e. The Kier molecular flexibility index (Phi) is 3.00. The molecule has 19 heavy (non-hydrogen) atoms. The molecule has 1 aromatic carbocycles. The van der Waals surface area contributed by atoms with Crippen LogP contribution in [0.3, 0.4) is 0 Å². The number of aromatic nitrogens is 1. The van der Waals surface area contributed by atoms with Crippen LogP contribution in [0, 0.1) is 0 Å². The Morgan fingerprint density at radius 1 is 1.37 bits per heavy atom. The molecule has 2 aromatic heterocycles. The first-order chi connectivity index (χ1) is 9.11. The Balaban J connectivity index is 1.87. The van der Waals surface area contributed by atoms with Crippen molar-refractivity contribution >= 4 is 54.2 Å². The van der Waals surface area contributed by atoms with Crippen molar-refractivity contribution < 1.29 is 9.21 Å². The number of furan rings is 1. The summed E-state index contributed by atoms with van der Waals surface area (Å²) in [6.45, 7) is 0. The Morgan fingerprint density at radius 3 is 2.95 bits per heavy atom. The fourth-order valence-corrected chi connectivity index (χ4v) is 2.81. The molecule has 0 bridgehead atoms. The predicted octanol–water partition coefficient (Wildman–Crippen LogP) is 3.49. The second-order valence-corrected chi connectivity index (χ2v) is 5.62. The van der Waals surface area contributed by atoms with Crippen LogP contribution < -0.4 is 11.1 Å². The molecule has 7 heteroatoms. The number of thiazole rings is 1. The summed E-state index contributed by atoms with van der Waals surface area (Å²) in [4.78, 5) is 16.2. The number of nitrogen functional groups attached to an aromatic ring is 1. The lowest BCUT2D eigenvalue weighted by molar-refractivity contribution is 0.0995. The number of benzene rings is 1. The molecule has 0 spiro atoms. The second-order valence-electron chi connectivity index (χ2n) is 3.80. The Labute approximate surface area is 120 Å². The first-order valence-corrected chi connectivity index (χ1v) is 6.95. The number of hydrogen-bond donors (Lipinski definition) is 2. The average molecular weight is 338 g/mol. The van der Waals surface area contributed by atoms with Gasteiger partial charge in [0.25, 0.3) is 5.91 Å². The lowest BCUT2D eigenvalue weighted by Gasteiger charge is -1.96. The van der Waals surface area contributed by atoms with Crippen LogP contribution in [0.15, 0.2) is 39.4 Å². The van der Waals surface area contributed by atoms with E-state index < -0.39 is 0 Å². The summed E-state index contributed by atoms with van der Waals surface area (Å²) < 4.78 is 6.61. The summed E-state index contributed by atoms with van der Waals surface area (Å²) in [6, 6.07) is 8.67. The highest BCUT2D eigenvalue weighted by atomic mass is 79.9. The summed E-state index contributed by atoms with van der Waals surface area (Å²) in [7, 11) is 0. The Hall–Kier alpha value is -1.86. The molecule has 0 radical (unpaired) electrons. The zero-order valence-electron chi connectivity index (χ0n) is 9.51. The van der Waals surface area contributed by atoms with Crippen molar-refractivity contribution in [1.29, 1.82) is 0 Å². The number of amides is 1. The number of carbonyl (C=O) groups is 1. The van der Waals surface area contributed by atoms with Gasteiger partial charge >= 0.3 is 0 Å². The standard InChI is InChI=1S/C12H8BrN3O2S/c13-10-4-3-8(18-10)11(17)16-12-15-7-2-1-6(14)5-9(7)19-12/h1-5H,14H2,(H,15,16,17). The van der Waals surface area contributed by atoms with Gasteiger partial charge in [0, 0.05) is 5.69 Å². The van der Waals surface area contributed by atoms with E-state index in [-0.39, 0.29) is 11.7 Å². The lowest BCUT2D eigenvalue weighted by Crippen LogP contribution is -2.10. The van der Waals surface area contributed by atoms with Crippen LogP contribution in [0.1, 0.15) is 10.6 Å². The van der Waals surface area contributed by atoms with Crippen molar-refractivity contribution in [3.63, 3.8) is 0 Å². The number of halogens is 1. The van der Waals surface area contributed by atoms with Gasteiger partial charge in [-0.2, -0.15) is 0 Å². The van der Waals surface area contributed by atoms with E-state index in [0.29, 0.717) is 15.5 Å². The quantitative estimate of drug-likeness (QED) is 0.701. The lowest BCUT2D eigenvalue weighted by atomic mass is 10.3. The summed E-state index contributed by atoms with van der Waals surface area (Å²) in [5, 5.41) is 3.21. The van der Waals surface area contributed by atoms with E-state index in [9.17, 15) is 4.79 Å². The molecule has 0 aliphatic carbocycles. The van der Waals surface area contributed by atoms with Gasteiger partial charge in [0.05, 0.1) is 10.2 Å². The first kappa shape index (κ1) is 12.2. The van der Waals surface area contributed by atoms with Crippen molar-refractivity contribution in [3.8, 4) is 0 Å². The van der Waals surface area contributed by atoms with Crippen molar-refractivity contribution in [1.82, 2.24) is 4.98 Å². The largest absolute Gasteiger partial charge is 0.444 e. The molecule has 0 fully saturated rings. The van der Waals surface area contributed by atoms with Crippen molar-refractivity contribution in [2.24, 2.45) is 0 Å². The summed E-state index contributed by atoms with van der Waals surface area (Å²) in [6.07, 6.45) is 0. The van der Waals surface area contributed by atoms with Gasteiger partial charge in [-0.05, 0) is 46.3 Å². The zero-order chi connectivity index (χ0) is 13.4. The zero-order valence-corrected chi connectivity index (χ0v) is 11.9. The third-order valence-electron chi connectivity index (χ3n) is 2.43. The molecule has 0 saturated carbocycles. The van der Waals surface area contributed by atoms with Crippen LogP contribution in [-0.2, 0) is 0 Å². The second kappa shape index (κ2) is 4.67. The van der Waals surface area contributed by atoms with Gasteiger partial charge in [-0.25, -0.2) is 4.98 Å². The van der Waals surface area contributed by atoms with Crippen molar-refractivity contribution in [3.05, 3.63) is 40.8 Å². The number of nitrogens with zero attached hydrogens (tertiary/aromatic N) is 1. The van der Waals surface area contributed by atoms with E-state index in [1.54, 1.807) is 18.2 Å². The van der Waals surface area contributed by atoms with E-state index in [2.05, 4.69) is 26.2 Å². The molecule has 3 aromatic rings. The van der Waals surface area contributed by atoms with Crippen molar-refractivity contribution in [2.45, 2.75) is 0 Å². The number of carbonyl (C=O) groups excluding carboxylic acids is 1. The molecular formula is C12H8BrN3O2S. The Morgan fingerprint density at radius 2 is 2.21 bits per heavy atom. The Bertz CT molecular complexity index is 765. The van der Waals surface area contributed by atoms with Gasteiger partial charge in [0.2, 0.25) is 0 Å². The summed E-state index contributed by atoms with van der Waals surface area (Å²) in [5.74, 6) is -0.108. The molecule has 0 saturated heterocycles. The molecule has 5 nitrogen and oxygen atoms in total. The number of fused-ring (bicyclic) bond motifs is 1. The van der Waals surface area contributed by atoms with E-state index in [4.69, 9.17) is 10.2 Å². The fraction of sp³-hybridized carbons (Fsp3) is 0. The number of hydrogen-bond acceptors (Lipinski definition) is 5. The van der Waals surface area contributed by atoms with E-state index in [1.807, 2.05) is 12.1 Å².